The number of Topliss-reactive ketones (excluding diaryl/α,β-unsaturated/α-hetero) is 1. The van der Waals surface area contributed by atoms with Gasteiger partial charge < -0.3 is 10.2 Å². The lowest BCUT2D eigenvalue weighted by molar-refractivity contribution is -0.164. The molecular formula is C19H20N2O2. The number of fused-ring (bicyclic) bond motifs is 3. The number of hydrogen-bond donors (Lipinski definition) is 1. The highest BCUT2D eigenvalue weighted by molar-refractivity contribution is 6.00. The minimum atomic E-state index is -0.463. The number of para-hydroxylation sites is 1. The summed E-state index contributed by atoms with van der Waals surface area (Å²) in [6.07, 6.45) is 5.13. The molecule has 5 fully saturated rings. The zero-order chi connectivity index (χ0) is 15.4. The lowest BCUT2D eigenvalue weighted by Gasteiger charge is -2.65. The largest absolute Gasteiger partial charge is 0.372 e. The van der Waals surface area contributed by atoms with E-state index in [1.165, 1.54) is 5.56 Å². The Morgan fingerprint density at radius 1 is 1.09 bits per heavy atom. The van der Waals surface area contributed by atoms with Crippen molar-refractivity contribution in [2.45, 2.75) is 55.5 Å². The molecule has 3 aliphatic heterocycles. The molecule has 3 saturated carbocycles. The Hall–Kier alpha value is -1.84. The smallest absolute Gasteiger partial charge is 0.222 e. The van der Waals surface area contributed by atoms with E-state index in [2.05, 4.69) is 28.4 Å². The van der Waals surface area contributed by atoms with E-state index in [-0.39, 0.29) is 16.9 Å². The number of nitrogens with zero attached hydrogens (tertiary/aromatic N) is 1. The quantitative estimate of drug-likeness (QED) is 0.799. The van der Waals surface area contributed by atoms with E-state index in [4.69, 9.17) is 0 Å². The third-order valence-electron chi connectivity index (χ3n) is 7.77. The van der Waals surface area contributed by atoms with Crippen LogP contribution in [0.1, 0.15) is 44.1 Å². The normalized spacial score (nSPS) is 45.6. The lowest BCUT2D eigenvalue weighted by atomic mass is 9.41. The van der Waals surface area contributed by atoms with Crippen LogP contribution in [-0.2, 0) is 15.0 Å². The maximum atomic E-state index is 13.3. The van der Waals surface area contributed by atoms with Crippen LogP contribution in [0.5, 0.6) is 0 Å². The summed E-state index contributed by atoms with van der Waals surface area (Å²) in [6.45, 7) is 0.816. The van der Waals surface area contributed by atoms with E-state index >= 15 is 0 Å². The predicted octanol–water partition coefficient (Wildman–Crippen LogP) is 2.24. The van der Waals surface area contributed by atoms with Crippen LogP contribution in [0.4, 0.5) is 5.69 Å². The minimum Gasteiger partial charge on any atom is -0.372 e. The van der Waals surface area contributed by atoms with Gasteiger partial charge in [-0.3, -0.25) is 9.59 Å². The van der Waals surface area contributed by atoms with Crippen LogP contribution < -0.4 is 5.32 Å². The molecule has 3 spiro atoms. The van der Waals surface area contributed by atoms with E-state index in [1.807, 2.05) is 6.07 Å². The van der Waals surface area contributed by atoms with Crippen LogP contribution >= 0.6 is 0 Å². The third-order valence-corrected chi connectivity index (χ3v) is 7.77. The first-order valence-corrected chi connectivity index (χ1v) is 8.84. The van der Waals surface area contributed by atoms with Crippen molar-refractivity contribution < 1.29 is 9.59 Å². The molecule has 4 atom stereocenters. The molecule has 3 heterocycles. The summed E-state index contributed by atoms with van der Waals surface area (Å²) < 4.78 is 0. The Bertz CT molecular complexity index is 789. The van der Waals surface area contributed by atoms with Gasteiger partial charge in [0.15, 0.2) is 5.78 Å². The number of amides is 1. The first kappa shape index (κ1) is 12.6. The molecule has 2 bridgehead atoms. The Balaban J connectivity index is 1.70. The second kappa shape index (κ2) is 3.47. The van der Waals surface area contributed by atoms with Crippen LogP contribution in [-0.4, -0.2) is 34.7 Å². The van der Waals surface area contributed by atoms with E-state index in [9.17, 15) is 9.59 Å². The Morgan fingerprint density at radius 3 is 2.83 bits per heavy atom. The molecule has 1 aromatic carbocycles. The molecule has 118 valence electrons. The Morgan fingerprint density at radius 2 is 1.96 bits per heavy atom. The van der Waals surface area contributed by atoms with Crippen molar-refractivity contribution >= 4 is 17.4 Å². The first-order chi connectivity index (χ1) is 11.1. The minimum absolute atomic E-state index is 0.0301. The topological polar surface area (TPSA) is 49.4 Å². The molecular weight excluding hydrogens is 288 g/mol. The van der Waals surface area contributed by atoms with Crippen molar-refractivity contribution in [3.05, 3.63) is 29.8 Å². The number of hydrogen-bond acceptors (Lipinski definition) is 3. The van der Waals surface area contributed by atoms with E-state index in [1.54, 1.807) is 0 Å². The maximum absolute atomic E-state index is 13.3. The number of carbonyl (C=O) groups is 2. The standard InChI is InChI=1S/C19H20N2O2/c22-14-11-17-6-5-15(23)21-10-9-18(16(17)21)12-3-1-2-4-13(12)20-19(14,18)8-7-17/h1-4,16,20H,5-11H2/t16-,17+,18+,19+/m0/s1. The molecule has 0 radical (unpaired) electrons. The fourth-order valence-corrected chi connectivity index (χ4v) is 7.05. The molecule has 4 nitrogen and oxygen atoms in total. The fraction of sp³-hybridized carbons (Fsp3) is 0.579. The maximum Gasteiger partial charge on any atom is 0.222 e. The summed E-state index contributed by atoms with van der Waals surface area (Å²) in [5, 5.41) is 3.66. The molecule has 23 heavy (non-hydrogen) atoms. The number of piperidine rings is 1. The van der Waals surface area contributed by atoms with Gasteiger partial charge in [0.1, 0.15) is 5.54 Å². The molecule has 0 unspecified atom stereocenters. The summed E-state index contributed by atoms with van der Waals surface area (Å²) >= 11 is 0. The van der Waals surface area contributed by atoms with Gasteiger partial charge in [0.25, 0.3) is 0 Å². The monoisotopic (exact) mass is 308 g/mol. The number of carbonyl (C=O) groups excluding carboxylic acids is 2. The predicted molar refractivity (Wildman–Crippen MR) is 85.1 cm³/mol. The summed E-state index contributed by atoms with van der Waals surface area (Å²) in [5.74, 6) is 0.699. The van der Waals surface area contributed by atoms with Crippen molar-refractivity contribution in [2.75, 3.05) is 11.9 Å². The molecule has 7 rings (SSSR count). The van der Waals surface area contributed by atoms with Gasteiger partial charge >= 0.3 is 0 Å². The highest BCUT2D eigenvalue weighted by Crippen LogP contribution is 2.71. The van der Waals surface area contributed by atoms with Crippen LogP contribution in [0.15, 0.2) is 24.3 Å². The van der Waals surface area contributed by atoms with E-state index in [0.29, 0.717) is 24.5 Å². The van der Waals surface area contributed by atoms with Gasteiger partial charge in [-0.25, -0.2) is 0 Å². The average molecular weight is 308 g/mol. The van der Waals surface area contributed by atoms with Crippen LogP contribution in [0, 0.1) is 5.41 Å². The summed E-state index contributed by atoms with van der Waals surface area (Å²) in [5.41, 5.74) is 1.79. The van der Waals surface area contributed by atoms with E-state index in [0.717, 1.165) is 37.9 Å². The van der Waals surface area contributed by atoms with Crippen molar-refractivity contribution in [1.82, 2.24) is 4.90 Å². The molecule has 1 amide bonds. The van der Waals surface area contributed by atoms with Crippen LogP contribution in [0.2, 0.25) is 0 Å². The molecule has 1 aromatic rings. The number of benzene rings is 1. The Labute approximate surface area is 135 Å². The van der Waals surface area contributed by atoms with Crippen LogP contribution in [0.25, 0.3) is 0 Å². The number of anilines is 1. The van der Waals surface area contributed by atoms with Crippen molar-refractivity contribution in [3.8, 4) is 0 Å². The van der Waals surface area contributed by atoms with Gasteiger partial charge in [-0.15, -0.1) is 0 Å². The summed E-state index contributed by atoms with van der Waals surface area (Å²) in [6, 6.07) is 8.65. The molecule has 0 aromatic heterocycles. The van der Waals surface area contributed by atoms with Crippen molar-refractivity contribution in [1.29, 1.82) is 0 Å². The second-order valence-electron chi connectivity index (χ2n) is 8.25. The van der Waals surface area contributed by atoms with Crippen molar-refractivity contribution in [2.24, 2.45) is 5.41 Å². The number of nitrogens with one attached hydrogen (secondary N) is 1. The van der Waals surface area contributed by atoms with E-state index < -0.39 is 5.54 Å². The van der Waals surface area contributed by atoms with Crippen LogP contribution in [0.3, 0.4) is 0 Å². The zero-order valence-electron chi connectivity index (χ0n) is 13.1. The van der Waals surface area contributed by atoms with Gasteiger partial charge in [0.05, 0.1) is 11.5 Å². The van der Waals surface area contributed by atoms with Gasteiger partial charge in [-0.05, 0) is 42.7 Å². The van der Waals surface area contributed by atoms with Gasteiger partial charge in [-0.2, -0.15) is 0 Å². The number of ketones is 1. The first-order valence-electron chi connectivity index (χ1n) is 8.84. The molecule has 1 N–H and O–H groups in total. The summed E-state index contributed by atoms with van der Waals surface area (Å²) in [7, 11) is 0. The van der Waals surface area contributed by atoms with Gasteiger partial charge in [0, 0.05) is 25.1 Å². The average Bonchev–Trinajstić information content (AvgIpc) is 3.11. The molecule has 2 saturated heterocycles. The summed E-state index contributed by atoms with van der Waals surface area (Å²) in [4.78, 5) is 28.0. The van der Waals surface area contributed by atoms with Crippen molar-refractivity contribution in [3.63, 3.8) is 0 Å². The zero-order valence-corrected chi connectivity index (χ0v) is 13.1. The lowest BCUT2D eigenvalue weighted by Crippen LogP contribution is -2.76. The highest BCUT2D eigenvalue weighted by Gasteiger charge is 2.79. The highest BCUT2D eigenvalue weighted by atomic mass is 16.2. The fourth-order valence-electron chi connectivity index (χ4n) is 7.05. The Kier molecular flexibility index (Phi) is 1.90. The molecule has 3 aliphatic carbocycles. The number of rotatable bonds is 0. The molecule has 4 heteroatoms. The SMILES string of the molecule is O=C1CC[C@]23CC[C@@]4(Nc5ccccc5[C@@]45CCN1[C@@H]25)C(=O)C3. The second-order valence-corrected chi connectivity index (χ2v) is 8.25. The molecule has 6 aliphatic rings. The van der Waals surface area contributed by atoms with Gasteiger partial charge in [-0.1, -0.05) is 18.2 Å². The third kappa shape index (κ3) is 1.06. The van der Waals surface area contributed by atoms with Gasteiger partial charge in [0.2, 0.25) is 5.91 Å².